The Morgan fingerprint density at radius 1 is 0.362 bits per heavy atom. The number of fused-ring (bicyclic) bond motifs is 9. The van der Waals surface area contributed by atoms with E-state index >= 15 is 0 Å². The van der Waals surface area contributed by atoms with Gasteiger partial charge < -0.3 is 0 Å². The van der Waals surface area contributed by atoms with Crippen LogP contribution < -0.4 is 0 Å². The summed E-state index contributed by atoms with van der Waals surface area (Å²) < 4.78 is 6.85. The molecule has 7 heteroatoms. The molecule has 0 radical (unpaired) electrons. The molecule has 7 nitrogen and oxygen atoms in total. The molecular formula is C62H41N7. The molecule has 0 saturated carbocycles. The molecule has 0 N–H and O–H groups in total. The molecule has 0 atom stereocenters. The smallest absolute Gasteiger partial charge is 0.235 e. The van der Waals surface area contributed by atoms with Crippen molar-refractivity contribution < 1.29 is 0 Å². The lowest BCUT2D eigenvalue weighted by atomic mass is 9.96. The molecule has 0 saturated heterocycles. The van der Waals surface area contributed by atoms with Gasteiger partial charge in [0.25, 0.3) is 0 Å². The molecule has 14 rings (SSSR count). The molecule has 324 valence electrons. The summed E-state index contributed by atoms with van der Waals surface area (Å²) in [4.78, 5) is 20.8. The first-order valence-corrected chi connectivity index (χ1v) is 23.5. The number of rotatable bonds is 7. The van der Waals surface area contributed by atoms with Gasteiger partial charge in [-0.15, -0.1) is 0 Å². The maximum absolute atomic E-state index is 5.37. The largest absolute Gasteiger partial charge is 0.294 e. The van der Waals surface area contributed by atoms with Crippen molar-refractivity contribution in [3.8, 4) is 51.0 Å². The number of hydrogen-bond acceptors (Lipinski definition) is 4. The van der Waals surface area contributed by atoms with Crippen molar-refractivity contribution in [2.75, 3.05) is 0 Å². The van der Waals surface area contributed by atoms with E-state index in [0.29, 0.717) is 5.95 Å². The molecule has 0 aliphatic heterocycles. The van der Waals surface area contributed by atoms with Crippen LogP contribution in [-0.2, 0) is 0 Å². The van der Waals surface area contributed by atoms with Gasteiger partial charge in [0.2, 0.25) is 5.95 Å². The van der Waals surface area contributed by atoms with E-state index in [4.69, 9.17) is 19.9 Å². The predicted octanol–water partition coefficient (Wildman–Crippen LogP) is 15.3. The fourth-order valence-electron chi connectivity index (χ4n) is 10.6. The van der Waals surface area contributed by atoms with Crippen molar-refractivity contribution in [3.63, 3.8) is 0 Å². The molecule has 0 bridgehead atoms. The van der Waals surface area contributed by atoms with Gasteiger partial charge in [0.15, 0.2) is 0 Å². The van der Waals surface area contributed by atoms with E-state index in [2.05, 4.69) is 202 Å². The number of benzene rings is 7. The summed E-state index contributed by atoms with van der Waals surface area (Å²) in [6, 6.07) is 69.0. The molecule has 7 aromatic carbocycles. The normalized spacial score (nSPS) is 12.8. The highest BCUT2D eigenvalue weighted by Gasteiger charge is 2.22. The van der Waals surface area contributed by atoms with E-state index in [0.717, 1.165) is 107 Å². The molecule has 0 spiro atoms. The molecule has 6 heterocycles. The van der Waals surface area contributed by atoms with Crippen LogP contribution in [0.1, 0.15) is 18.4 Å². The maximum atomic E-state index is 5.37. The van der Waals surface area contributed by atoms with Crippen LogP contribution in [0, 0.1) is 0 Å². The van der Waals surface area contributed by atoms with Crippen LogP contribution in [0.25, 0.3) is 122 Å². The van der Waals surface area contributed by atoms with Crippen LogP contribution in [0.15, 0.2) is 225 Å². The average molecular weight is 884 g/mol. The number of allylic oxidation sites excluding steroid dienone is 4. The van der Waals surface area contributed by atoms with Crippen molar-refractivity contribution >= 4 is 71.3 Å². The average Bonchev–Trinajstić information content (AvgIpc) is 4.06. The van der Waals surface area contributed by atoms with Crippen molar-refractivity contribution in [3.05, 3.63) is 230 Å². The van der Waals surface area contributed by atoms with Crippen LogP contribution in [-0.4, -0.2) is 33.6 Å². The van der Waals surface area contributed by atoms with Gasteiger partial charge in [-0.25, -0.2) is 19.9 Å². The van der Waals surface area contributed by atoms with Crippen LogP contribution in [0.4, 0.5) is 0 Å². The third kappa shape index (κ3) is 6.35. The Bertz CT molecular complexity index is 4180. The lowest BCUT2D eigenvalue weighted by molar-refractivity contribution is 0.994. The van der Waals surface area contributed by atoms with Crippen molar-refractivity contribution in [1.82, 2.24) is 33.6 Å². The second kappa shape index (κ2) is 15.7. The Morgan fingerprint density at radius 3 is 1.38 bits per heavy atom. The van der Waals surface area contributed by atoms with Gasteiger partial charge in [-0.05, 0) is 126 Å². The van der Waals surface area contributed by atoms with Gasteiger partial charge in [-0.2, -0.15) is 0 Å². The summed E-state index contributed by atoms with van der Waals surface area (Å²) in [5.74, 6) is 0.598. The highest BCUT2D eigenvalue weighted by molar-refractivity contribution is 6.14. The minimum Gasteiger partial charge on any atom is -0.294 e. The minimum absolute atomic E-state index is 0.598. The Balaban J connectivity index is 1.03. The summed E-state index contributed by atoms with van der Waals surface area (Å²) >= 11 is 0. The lowest BCUT2D eigenvalue weighted by Crippen LogP contribution is -2.04. The zero-order valence-corrected chi connectivity index (χ0v) is 37.4. The van der Waals surface area contributed by atoms with Gasteiger partial charge in [0.05, 0.1) is 33.5 Å². The van der Waals surface area contributed by atoms with Crippen molar-refractivity contribution in [1.29, 1.82) is 0 Å². The summed E-state index contributed by atoms with van der Waals surface area (Å²) in [5, 5.41) is 6.71. The van der Waals surface area contributed by atoms with Gasteiger partial charge in [-0.3, -0.25) is 13.7 Å². The first kappa shape index (κ1) is 39.0. The molecule has 0 unspecified atom stereocenters. The van der Waals surface area contributed by atoms with Gasteiger partial charge in [0.1, 0.15) is 11.3 Å². The third-order valence-electron chi connectivity index (χ3n) is 13.8. The van der Waals surface area contributed by atoms with Gasteiger partial charge in [0, 0.05) is 67.2 Å². The van der Waals surface area contributed by atoms with E-state index in [1.165, 1.54) is 27.6 Å². The maximum Gasteiger partial charge on any atom is 0.235 e. The second-order valence-electron chi connectivity index (χ2n) is 17.8. The summed E-state index contributed by atoms with van der Waals surface area (Å²) in [6.07, 6.45) is 12.5. The van der Waals surface area contributed by atoms with Gasteiger partial charge in [-0.1, -0.05) is 121 Å². The molecule has 0 fully saturated rings. The third-order valence-corrected chi connectivity index (χ3v) is 13.8. The van der Waals surface area contributed by atoms with E-state index < -0.39 is 0 Å². The van der Waals surface area contributed by atoms with Crippen LogP contribution >= 0.6 is 0 Å². The zero-order valence-electron chi connectivity index (χ0n) is 37.4. The molecule has 0 amide bonds. The van der Waals surface area contributed by atoms with E-state index in [1.54, 1.807) is 0 Å². The van der Waals surface area contributed by atoms with Crippen molar-refractivity contribution in [2.45, 2.75) is 12.8 Å². The molecule has 1 aliphatic carbocycles. The Hall–Kier alpha value is -9.20. The van der Waals surface area contributed by atoms with E-state index in [1.807, 2.05) is 36.7 Å². The highest BCUT2D eigenvalue weighted by Crippen LogP contribution is 2.41. The lowest BCUT2D eigenvalue weighted by Gasteiger charge is -2.13. The Morgan fingerprint density at radius 2 is 0.841 bits per heavy atom. The number of nitrogens with zero attached hydrogens (tertiary/aromatic N) is 7. The quantitative estimate of drug-likeness (QED) is 0.160. The standard InChI is InChI=1S/C62H41N7/c1-5-15-40(16-6-1)44-25-29-56-50(35-44)48-23-13-33-63-60(48)67(56)46-27-31-58-52(37-46)53-38-47(68-57-30-26-45(41-17-7-2-8-18-41)36-51(57)49-24-14-34-64-61(49)68)28-32-59(53)69(58)62-65-54(42-19-9-3-10-20-42)39-55(66-62)43-21-11-4-12-22-43/h1-7,9-17,19-39H,8,18H2. The molecule has 6 aromatic heterocycles. The summed E-state index contributed by atoms with van der Waals surface area (Å²) in [5.41, 5.74) is 16.8. The number of pyridine rings is 2. The highest BCUT2D eigenvalue weighted by atomic mass is 15.2. The molecule has 69 heavy (non-hydrogen) atoms. The monoisotopic (exact) mass is 883 g/mol. The number of aromatic nitrogens is 7. The first-order valence-electron chi connectivity index (χ1n) is 23.5. The van der Waals surface area contributed by atoms with Crippen molar-refractivity contribution in [2.24, 2.45) is 0 Å². The fourth-order valence-corrected chi connectivity index (χ4v) is 10.6. The predicted molar refractivity (Wildman–Crippen MR) is 283 cm³/mol. The summed E-state index contributed by atoms with van der Waals surface area (Å²) in [7, 11) is 0. The topological polar surface area (TPSA) is 66.3 Å². The Kier molecular flexibility index (Phi) is 8.89. The minimum atomic E-state index is 0.598. The Labute approximate surface area is 397 Å². The molecule has 13 aromatic rings. The second-order valence-corrected chi connectivity index (χ2v) is 17.8. The molecular weight excluding hydrogens is 843 g/mol. The number of hydrogen-bond donors (Lipinski definition) is 0. The van der Waals surface area contributed by atoms with Crippen LogP contribution in [0.5, 0.6) is 0 Å². The molecule has 1 aliphatic rings. The first-order chi connectivity index (χ1) is 34.2. The summed E-state index contributed by atoms with van der Waals surface area (Å²) in [6.45, 7) is 0. The fraction of sp³-hybridized carbons (Fsp3) is 0.0323. The van der Waals surface area contributed by atoms with Crippen LogP contribution in [0.3, 0.4) is 0 Å². The van der Waals surface area contributed by atoms with E-state index in [-0.39, 0.29) is 0 Å². The van der Waals surface area contributed by atoms with E-state index in [9.17, 15) is 0 Å². The SMILES string of the molecule is C1=CCCC(c2ccc3c(c2)c2cccnc2n3-c2ccc3c(c2)c2cc(-n4c5ccc(-c6ccccc6)cc5c5cccnc54)ccc2n3-c2nc(-c3ccccc3)cc(-c3ccccc3)n2)=C1. The zero-order chi connectivity index (χ0) is 45.4. The van der Waals surface area contributed by atoms with Gasteiger partial charge >= 0.3 is 0 Å². The van der Waals surface area contributed by atoms with Crippen LogP contribution in [0.2, 0.25) is 0 Å².